The van der Waals surface area contributed by atoms with Crippen molar-refractivity contribution in [2.24, 2.45) is 23.5 Å². The minimum Gasteiger partial charge on any atom is -0.391 e. The topological polar surface area (TPSA) is 75.3 Å². The number of unbranched alkanes of at least 4 members (excludes halogenated alkanes) is 1. The van der Waals surface area contributed by atoms with E-state index in [2.05, 4.69) is 26.1 Å². The fourth-order valence-electron chi connectivity index (χ4n) is 3.65. The van der Waals surface area contributed by atoms with Crippen LogP contribution in [0.4, 0.5) is 0 Å². The van der Waals surface area contributed by atoms with E-state index in [0.29, 0.717) is 18.3 Å². The molecule has 0 heterocycles. The van der Waals surface area contributed by atoms with Gasteiger partial charge in [-0.3, -0.25) is 4.79 Å². The lowest BCUT2D eigenvalue weighted by molar-refractivity contribution is -0.116. The highest BCUT2D eigenvalue weighted by Gasteiger charge is 2.24. The van der Waals surface area contributed by atoms with Crippen LogP contribution in [0, 0.1) is 17.8 Å². The first-order valence-electron chi connectivity index (χ1n) is 10.3. The second kappa shape index (κ2) is 12.5. The largest absolute Gasteiger partial charge is 0.391 e. The molecule has 146 valence electrons. The summed E-state index contributed by atoms with van der Waals surface area (Å²) < 4.78 is 0. The maximum atomic E-state index is 11.8. The zero-order chi connectivity index (χ0) is 18.7. The van der Waals surface area contributed by atoms with Crippen molar-refractivity contribution in [3.8, 4) is 0 Å². The Bertz CT molecular complexity index is 389. The van der Waals surface area contributed by atoms with E-state index in [4.69, 9.17) is 5.73 Å². The van der Waals surface area contributed by atoms with Gasteiger partial charge in [-0.2, -0.15) is 0 Å². The Hall–Kier alpha value is -0.870. The van der Waals surface area contributed by atoms with E-state index in [9.17, 15) is 9.90 Å². The summed E-state index contributed by atoms with van der Waals surface area (Å²) in [6, 6.07) is -0.156. The van der Waals surface area contributed by atoms with E-state index < -0.39 is 6.10 Å². The van der Waals surface area contributed by atoms with Gasteiger partial charge in [-0.25, -0.2) is 0 Å². The number of hydrogen-bond acceptors (Lipinski definition) is 3. The molecule has 0 spiro atoms. The maximum absolute atomic E-state index is 11.8. The Morgan fingerprint density at radius 1 is 1.28 bits per heavy atom. The predicted molar refractivity (Wildman–Crippen MR) is 105 cm³/mol. The first-order chi connectivity index (χ1) is 11.9. The molecule has 1 rings (SSSR count). The van der Waals surface area contributed by atoms with E-state index in [1.54, 1.807) is 6.08 Å². The first-order valence-corrected chi connectivity index (χ1v) is 10.3. The van der Waals surface area contributed by atoms with E-state index in [1.165, 1.54) is 32.1 Å². The minimum atomic E-state index is -0.498. The summed E-state index contributed by atoms with van der Waals surface area (Å²) >= 11 is 0. The molecule has 1 aliphatic carbocycles. The number of aliphatic hydroxyl groups excluding tert-OH is 1. The van der Waals surface area contributed by atoms with Gasteiger partial charge in [-0.1, -0.05) is 65.4 Å². The molecule has 0 saturated heterocycles. The number of nitrogens with two attached hydrogens (primary N) is 1. The average molecular weight is 353 g/mol. The highest BCUT2D eigenvalue weighted by Crippen LogP contribution is 2.29. The zero-order valence-corrected chi connectivity index (χ0v) is 16.5. The van der Waals surface area contributed by atoms with E-state index in [1.807, 2.05) is 6.08 Å². The van der Waals surface area contributed by atoms with E-state index in [-0.39, 0.29) is 17.9 Å². The Kier molecular flexibility index (Phi) is 11.1. The molecule has 3 atom stereocenters. The summed E-state index contributed by atoms with van der Waals surface area (Å²) in [5.41, 5.74) is 6.28. The molecule has 4 heteroatoms. The van der Waals surface area contributed by atoms with Gasteiger partial charge in [0.05, 0.1) is 6.10 Å². The molecule has 1 fully saturated rings. The first kappa shape index (κ1) is 22.2. The lowest BCUT2D eigenvalue weighted by Crippen LogP contribution is -2.38. The predicted octanol–water partition coefficient (Wildman–Crippen LogP) is 3.78. The Morgan fingerprint density at radius 3 is 2.56 bits per heavy atom. The van der Waals surface area contributed by atoms with E-state index >= 15 is 0 Å². The number of amides is 1. The molecular formula is C21H40N2O2. The van der Waals surface area contributed by atoms with Gasteiger partial charge in [0, 0.05) is 12.6 Å². The number of carbonyl (C=O) groups is 1. The summed E-state index contributed by atoms with van der Waals surface area (Å²) in [7, 11) is 0. The quantitative estimate of drug-likeness (QED) is 0.391. The molecule has 0 aromatic rings. The third-order valence-corrected chi connectivity index (χ3v) is 5.52. The van der Waals surface area contributed by atoms with Crippen LogP contribution in [-0.4, -0.2) is 29.7 Å². The van der Waals surface area contributed by atoms with E-state index in [0.717, 1.165) is 25.8 Å². The van der Waals surface area contributed by atoms with Crippen LogP contribution in [0.2, 0.25) is 0 Å². The van der Waals surface area contributed by atoms with Crippen LogP contribution in [0.3, 0.4) is 0 Å². The smallest absolute Gasteiger partial charge is 0.243 e. The summed E-state index contributed by atoms with van der Waals surface area (Å²) in [6.07, 6.45) is 13.2. The average Bonchev–Trinajstić information content (AvgIpc) is 2.59. The van der Waals surface area contributed by atoms with Gasteiger partial charge < -0.3 is 16.2 Å². The molecule has 0 bridgehead atoms. The lowest BCUT2D eigenvalue weighted by atomic mass is 9.81. The Morgan fingerprint density at radius 2 is 1.96 bits per heavy atom. The molecule has 0 aliphatic heterocycles. The monoisotopic (exact) mass is 352 g/mol. The second-order valence-electron chi connectivity index (χ2n) is 8.12. The normalized spacial score (nSPS) is 19.9. The Labute approximate surface area is 154 Å². The molecular weight excluding hydrogens is 312 g/mol. The molecule has 0 aromatic carbocycles. The van der Waals surface area contributed by atoms with Crippen molar-refractivity contribution in [3.05, 3.63) is 12.2 Å². The number of hydrogen-bond donors (Lipinski definition) is 3. The molecule has 4 N–H and O–H groups in total. The van der Waals surface area contributed by atoms with Crippen LogP contribution in [0.1, 0.15) is 78.6 Å². The Balaban J connectivity index is 2.44. The highest BCUT2D eigenvalue weighted by molar-refractivity contribution is 5.87. The van der Waals surface area contributed by atoms with Crippen molar-refractivity contribution in [3.63, 3.8) is 0 Å². The van der Waals surface area contributed by atoms with Gasteiger partial charge in [-0.05, 0) is 43.1 Å². The van der Waals surface area contributed by atoms with Gasteiger partial charge >= 0.3 is 0 Å². The molecule has 0 radical (unpaired) electrons. The van der Waals surface area contributed by atoms with Crippen molar-refractivity contribution in [2.75, 3.05) is 6.54 Å². The number of rotatable bonds is 11. The van der Waals surface area contributed by atoms with Crippen LogP contribution in [0.5, 0.6) is 0 Å². The summed E-state index contributed by atoms with van der Waals surface area (Å²) in [5.74, 6) is 1.18. The standard InChI is InChI=1S/C21H40N2O2/c1-4-5-13-23-21(25)12-11-18(16(2)3)15-20(24)19(22)14-17-9-7-6-8-10-17/h11-12,16-20,24H,4-10,13-15,22H2,1-3H3,(H,23,25)/b12-11+/t18-,19-,20-/m0/s1. The summed E-state index contributed by atoms with van der Waals surface area (Å²) in [4.78, 5) is 11.8. The van der Waals surface area contributed by atoms with Gasteiger partial charge in [0.1, 0.15) is 0 Å². The van der Waals surface area contributed by atoms with Crippen LogP contribution in [0.15, 0.2) is 12.2 Å². The summed E-state index contributed by atoms with van der Waals surface area (Å²) in [5, 5.41) is 13.4. The number of allylic oxidation sites excluding steroid dienone is 1. The highest BCUT2D eigenvalue weighted by atomic mass is 16.3. The van der Waals surface area contributed by atoms with Crippen LogP contribution >= 0.6 is 0 Å². The molecule has 25 heavy (non-hydrogen) atoms. The number of carbonyl (C=O) groups excluding carboxylic acids is 1. The molecule has 1 saturated carbocycles. The molecule has 0 unspecified atom stereocenters. The van der Waals surface area contributed by atoms with Crippen LogP contribution < -0.4 is 11.1 Å². The SMILES string of the molecule is CCCCNC(=O)/C=C/[C@@H](C[C@H](O)[C@@H](N)CC1CCCCC1)C(C)C. The van der Waals surface area contributed by atoms with Crippen molar-refractivity contribution in [1.29, 1.82) is 0 Å². The fraction of sp³-hybridized carbons (Fsp3) is 0.857. The third-order valence-electron chi connectivity index (χ3n) is 5.52. The fourth-order valence-corrected chi connectivity index (χ4v) is 3.65. The molecule has 0 aromatic heterocycles. The zero-order valence-electron chi connectivity index (χ0n) is 16.5. The lowest BCUT2D eigenvalue weighted by Gasteiger charge is -2.29. The van der Waals surface area contributed by atoms with Crippen molar-refractivity contribution in [2.45, 2.75) is 90.7 Å². The van der Waals surface area contributed by atoms with Gasteiger partial charge in [0.15, 0.2) is 0 Å². The molecule has 1 aliphatic rings. The van der Waals surface area contributed by atoms with Gasteiger partial charge in [0.2, 0.25) is 5.91 Å². The minimum absolute atomic E-state index is 0.0416. The second-order valence-corrected chi connectivity index (χ2v) is 8.12. The number of nitrogens with one attached hydrogen (secondary N) is 1. The maximum Gasteiger partial charge on any atom is 0.243 e. The molecule has 1 amide bonds. The van der Waals surface area contributed by atoms with Gasteiger partial charge in [-0.15, -0.1) is 0 Å². The van der Waals surface area contributed by atoms with Crippen molar-refractivity contribution in [1.82, 2.24) is 5.32 Å². The van der Waals surface area contributed by atoms with Crippen molar-refractivity contribution >= 4 is 5.91 Å². The third kappa shape index (κ3) is 9.41. The van der Waals surface area contributed by atoms with Crippen LogP contribution in [-0.2, 0) is 4.79 Å². The van der Waals surface area contributed by atoms with Crippen LogP contribution in [0.25, 0.3) is 0 Å². The van der Waals surface area contributed by atoms with Crippen molar-refractivity contribution < 1.29 is 9.90 Å². The van der Waals surface area contributed by atoms with Gasteiger partial charge in [0.25, 0.3) is 0 Å². The number of aliphatic hydroxyl groups is 1. The summed E-state index contributed by atoms with van der Waals surface area (Å²) in [6.45, 7) is 7.09. The molecule has 4 nitrogen and oxygen atoms in total.